The lowest BCUT2D eigenvalue weighted by molar-refractivity contribution is 0.454. The maximum absolute atomic E-state index is 11.0. The predicted octanol–water partition coefficient (Wildman–Crippen LogP) is 1.84. The normalized spacial score (nSPS) is 11.1. The van der Waals surface area contributed by atoms with E-state index in [0.29, 0.717) is 22.0 Å². The van der Waals surface area contributed by atoms with E-state index in [1.54, 1.807) is 18.3 Å². The van der Waals surface area contributed by atoms with Crippen LogP contribution in [0.4, 0.5) is 5.69 Å². The first-order valence-corrected chi connectivity index (χ1v) is 5.54. The Bertz CT molecular complexity index is 714. The van der Waals surface area contributed by atoms with Crippen LogP contribution < -0.4 is 11.5 Å². The second kappa shape index (κ2) is 3.70. The molecule has 0 atom stereocenters. The fraction of sp³-hybridized carbons (Fsp3) is 0. The molecule has 6 nitrogen and oxygen atoms in total. The lowest BCUT2D eigenvalue weighted by Crippen LogP contribution is -1.93. The number of hydrogen-bond donors (Lipinski definition) is 2. The molecule has 0 saturated heterocycles. The van der Waals surface area contributed by atoms with E-state index >= 15 is 0 Å². The van der Waals surface area contributed by atoms with E-state index in [4.69, 9.17) is 14.6 Å². The lowest BCUT2D eigenvalue weighted by Gasteiger charge is -2.01. The van der Waals surface area contributed by atoms with Crippen molar-refractivity contribution < 1.29 is 8.83 Å². The number of nitrogens with one attached hydrogen (secondary N) is 1. The maximum atomic E-state index is 11.0. The molecule has 0 saturated carbocycles. The zero-order valence-corrected chi connectivity index (χ0v) is 9.28. The molecule has 3 N–H and O–H groups in total. The number of aromatic nitrogens is 2. The fourth-order valence-electron chi connectivity index (χ4n) is 1.44. The Labute approximate surface area is 98.8 Å². The van der Waals surface area contributed by atoms with Gasteiger partial charge in [-0.15, -0.1) is 0 Å². The van der Waals surface area contributed by atoms with Crippen LogP contribution in [-0.4, -0.2) is 9.97 Å². The van der Waals surface area contributed by atoms with Gasteiger partial charge in [0.1, 0.15) is 6.26 Å². The van der Waals surface area contributed by atoms with E-state index in [0.717, 1.165) is 4.90 Å². The molecular weight excluding hydrogens is 242 g/mol. The van der Waals surface area contributed by atoms with Gasteiger partial charge in [-0.2, -0.15) is 0 Å². The summed E-state index contributed by atoms with van der Waals surface area (Å²) in [5, 5.41) is 0.488. The van der Waals surface area contributed by atoms with Gasteiger partial charge in [0.25, 0.3) is 5.22 Å². The third-order valence-corrected chi connectivity index (χ3v) is 3.11. The molecule has 2 heterocycles. The number of rotatable bonds is 2. The first-order chi connectivity index (χ1) is 8.22. The average Bonchev–Trinajstić information content (AvgIpc) is 2.87. The highest BCUT2D eigenvalue weighted by Gasteiger charge is 2.10. The van der Waals surface area contributed by atoms with Crippen LogP contribution in [0, 0.1) is 0 Å². The van der Waals surface area contributed by atoms with Gasteiger partial charge in [0.2, 0.25) is 0 Å². The summed E-state index contributed by atoms with van der Waals surface area (Å²) in [4.78, 5) is 18.3. The second-order valence-electron chi connectivity index (χ2n) is 3.30. The van der Waals surface area contributed by atoms with Crippen LogP contribution in [-0.2, 0) is 0 Å². The van der Waals surface area contributed by atoms with Gasteiger partial charge in [0, 0.05) is 16.6 Å². The number of aromatic amines is 1. The molecule has 0 aliphatic rings. The van der Waals surface area contributed by atoms with E-state index in [-0.39, 0.29) is 0 Å². The van der Waals surface area contributed by atoms with E-state index < -0.39 is 5.76 Å². The van der Waals surface area contributed by atoms with Crippen LogP contribution in [0.1, 0.15) is 0 Å². The average molecular weight is 249 g/mol. The zero-order valence-electron chi connectivity index (χ0n) is 8.47. The van der Waals surface area contributed by atoms with Crippen molar-refractivity contribution in [2.75, 3.05) is 5.73 Å². The van der Waals surface area contributed by atoms with Crippen LogP contribution >= 0.6 is 11.8 Å². The first-order valence-electron chi connectivity index (χ1n) is 4.72. The highest BCUT2D eigenvalue weighted by Crippen LogP contribution is 2.33. The Hall–Kier alpha value is -2.15. The van der Waals surface area contributed by atoms with Crippen LogP contribution in [0.3, 0.4) is 0 Å². The van der Waals surface area contributed by atoms with Gasteiger partial charge >= 0.3 is 5.76 Å². The third-order valence-electron chi connectivity index (χ3n) is 2.16. The topological polar surface area (TPSA) is 98.0 Å². The summed E-state index contributed by atoms with van der Waals surface area (Å²) in [7, 11) is 0. The maximum Gasteiger partial charge on any atom is 0.417 e. The molecule has 2 aromatic heterocycles. The molecule has 7 heteroatoms. The van der Waals surface area contributed by atoms with Crippen molar-refractivity contribution in [3.05, 3.63) is 35.1 Å². The number of nitrogens with two attached hydrogens (primary N) is 1. The molecule has 86 valence electrons. The Kier molecular flexibility index (Phi) is 2.19. The molecule has 17 heavy (non-hydrogen) atoms. The quantitative estimate of drug-likeness (QED) is 0.672. The standard InChI is InChI=1S/C10H7N3O3S/c11-5-3-7-6(13-9(14)16-7)4-8(5)17-10-12-1-2-15-10/h1-4H,11H2,(H,13,14). The lowest BCUT2D eigenvalue weighted by atomic mass is 10.3. The van der Waals surface area contributed by atoms with Gasteiger partial charge in [-0.1, -0.05) is 0 Å². The van der Waals surface area contributed by atoms with Crippen molar-refractivity contribution in [1.82, 2.24) is 9.97 Å². The predicted molar refractivity (Wildman–Crippen MR) is 61.9 cm³/mol. The van der Waals surface area contributed by atoms with E-state index in [2.05, 4.69) is 9.97 Å². The molecule has 1 aromatic carbocycles. The number of anilines is 1. The summed E-state index contributed by atoms with van der Waals surface area (Å²) in [5.41, 5.74) is 7.38. The summed E-state index contributed by atoms with van der Waals surface area (Å²) in [6.45, 7) is 0. The number of nitrogen functional groups attached to an aromatic ring is 1. The van der Waals surface area contributed by atoms with Crippen molar-refractivity contribution in [3.8, 4) is 0 Å². The van der Waals surface area contributed by atoms with E-state index in [1.165, 1.54) is 18.0 Å². The van der Waals surface area contributed by atoms with Gasteiger partial charge in [-0.25, -0.2) is 9.78 Å². The largest absolute Gasteiger partial charge is 0.440 e. The van der Waals surface area contributed by atoms with Crippen molar-refractivity contribution in [2.45, 2.75) is 10.1 Å². The Balaban J connectivity index is 2.09. The molecule has 0 radical (unpaired) electrons. The van der Waals surface area contributed by atoms with Crippen LogP contribution in [0.15, 0.2) is 48.3 Å². The highest BCUT2D eigenvalue weighted by atomic mass is 32.2. The molecule has 0 amide bonds. The number of benzene rings is 1. The van der Waals surface area contributed by atoms with Crippen molar-refractivity contribution in [3.63, 3.8) is 0 Å². The van der Waals surface area contributed by atoms with Gasteiger partial charge < -0.3 is 14.6 Å². The Morgan fingerprint density at radius 3 is 3.06 bits per heavy atom. The number of H-pyrrole nitrogens is 1. The summed E-state index contributed by atoms with van der Waals surface area (Å²) < 4.78 is 10.0. The molecule has 0 aliphatic heterocycles. The van der Waals surface area contributed by atoms with Crippen LogP contribution in [0.5, 0.6) is 0 Å². The first kappa shape index (κ1) is 10.0. The van der Waals surface area contributed by atoms with E-state index in [9.17, 15) is 4.79 Å². The van der Waals surface area contributed by atoms with Crippen molar-refractivity contribution in [1.29, 1.82) is 0 Å². The molecule has 3 aromatic rings. The molecular formula is C10H7N3O3S. The minimum atomic E-state index is -0.502. The number of oxazole rings is 2. The molecule has 3 rings (SSSR count). The Morgan fingerprint density at radius 2 is 2.29 bits per heavy atom. The van der Waals surface area contributed by atoms with Crippen LogP contribution in [0.2, 0.25) is 0 Å². The highest BCUT2D eigenvalue weighted by molar-refractivity contribution is 7.99. The third kappa shape index (κ3) is 1.80. The van der Waals surface area contributed by atoms with Gasteiger partial charge in [0.15, 0.2) is 5.58 Å². The zero-order chi connectivity index (χ0) is 11.8. The second-order valence-corrected chi connectivity index (χ2v) is 4.29. The molecule has 0 bridgehead atoms. The minimum Gasteiger partial charge on any atom is -0.440 e. The molecule has 0 unspecified atom stereocenters. The van der Waals surface area contributed by atoms with Gasteiger partial charge in [-0.05, 0) is 17.8 Å². The van der Waals surface area contributed by atoms with E-state index in [1.807, 2.05) is 0 Å². The SMILES string of the molecule is Nc1cc2oc(=O)[nH]c2cc1Sc1ncco1. The summed E-state index contributed by atoms with van der Waals surface area (Å²) in [6.07, 6.45) is 3.04. The van der Waals surface area contributed by atoms with Crippen molar-refractivity contribution in [2.24, 2.45) is 0 Å². The van der Waals surface area contributed by atoms with Crippen molar-refractivity contribution >= 4 is 28.5 Å². The molecule has 0 spiro atoms. The molecule has 0 fully saturated rings. The summed E-state index contributed by atoms with van der Waals surface area (Å²) >= 11 is 1.28. The number of hydrogen-bond acceptors (Lipinski definition) is 6. The smallest absolute Gasteiger partial charge is 0.417 e. The van der Waals surface area contributed by atoms with Gasteiger partial charge in [-0.3, -0.25) is 4.98 Å². The minimum absolute atomic E-state index is 0.434. The summed E-state index contributed by atoms with van der Waals surface area (Å²) in [6, 6.07) is 3.32. The monoisotopic (exact) mass is 249 g/mol. The fourth-order valence-corrected chi connectivity index (χ4v) is 2.20. The van der Waals surface area contributed by atoms with Crippen LogP contribution in [0.25, 0.3) is 11.1 Å². The van der Waals surface area contributed by atoms with Gasteiger partial charge in [0.05, 0.1) is 11.7 Å². The molecule has 0 aliphatic carbocycles. The number of fused-ring (bicyclic) bond motifs is 1. The summed E-state index contributed by atoms with van der Waals surface area (Å²) in [5.74, 6) is -0.502. The Morgan fingerprint density at radius 1 is 1.41 bits per heavy atom. The number of nitrogens with zero attached hydrogens (tertiary/aromatic N) is 1.